The second-order valence-electron chi connectivity index (χ2n) is 15.9. The standard InChI is InChI=1S/C40H47F4N7O5/c1-23(2)16-33(45-37(54)27-9-11-32(40(42,43)44)50(38(27)55)15-14-49-21-39(22-49)12-6-7-13-39)51(56)47-31(19-34(52)53)28-18-26(17-25(4)36(28)41)35-24(3)8-10-30-29(35)20-48(5)46-30/h8-11,17-18,20,23,31,33H,6-7,12-16,19,21-22H2,1-5H3,(H2-,45,47,52,53,54,56)/p+1/t31-,33+/m0/s1. The highest BCUT2D eigenvalue weighted by Gasteiger charge is 2.44. The fraction of sp³-hybridized carbons (Fsp3) is 0.500. The van der Waals surface area contributed by atoms with E-state index in [9.17, 15) is 37.6 Å². The van der Waals surface area contributed by atoms with E-state index in [1.54, 1.807) is 31.6 Å². The molecule has 56 heavy (non-hydrogen) atoms. The molecule has 1 aliphatic heterocycles. The number of benzene rings is 2. The number of carbonyl (C=O) groups is 2. The van der Waals surface area contributed by atoms with Gasteiger partial charge in [0.15, 0.2) is 0 Å². The predicted octanol–water partition coefficient (Wildman–Crippen LogP) is 6.65. The number of nitroso groups, excluding NO2 is 1. The van der Waals surface area contributed by atoms with Crippen LogP contribution >= 0.6 is 0 Å². The monoisotopic (exact) mass is 782 g/mol. The lowest BCUT2D eigenvalue weighted by atomic mass is 9.78. The number of nitrogens with one attached hydrogen (secondary N) is 2. The summed E-state index contributed by atoms with van der Waals surface area (Å²) in [5.41, 5.74) is 2.78. The van der Waals surface area contributed by atoms with Crippen LogP contribution in [-0.4, -0.2) is 66.9 Å². The molecule has 1 saturated carbocycles. The molecule has 2 fully saturated rings. The van der Waals surface area contributed by atoms with Crippen LogP contribution in [0.3, 0.4) is 0 Å². The Bertz CT molecular complexity index is 2220. The molecule has 2 aliphatic rings. The van der Waals surface area contributed by atoms with Crippen LogP contribution in [0.2, 0.25) is 0 Å². The number of carboxylic acids is 1. The molecule has 1 spiro atoms. The van der Waals surface area contributed by atoms with Gasteiger partial charge in [0.2, 0.25) is 0 Å². The number of aliphatic carboxylic acids is 1. The molecule has 2 aromatic heterocycles. The molecule has 6 rings (SSSR count). The highest BCUT2D eigenvalue weighted by Crippen LogP contribution is 2.45. The van der Waals surface area contributed by atoms with Gasteiger partial charge in [-0.3, -0.25) is 24.4 Å². The first kappa shape index (κ1) is 40.5. The number of carboxylic acid groups (broad SMARTS) is 1. The van der Waals surface area contributed by atoms with Crippen LogP contribution in [0.15, 0.2) is 47.4 Å². The molecule has 0 unspecified atom stereocenters. The minimum Gasteiger partial charge on any atom is -0.481 e. The number of hydrogen-bond acceptors (Lipinski definition) is 6. The average Bonchev–Trinajstić information content (AvgIpc) is 3.73. The van der Waals surface area contributed by atoms with Gasteiger partial charge in [0.25, 0.3) is 11.5 Å². The molecule has 1 amide bonds. The number of aryl methyl sites for hydroxylation is 3. The van der Waals surface area contributed by atoms with Crippen molar-refractivity contribution in [1.29, 1.82) is 0 Å². The number of fused-ring (bicyclic) bond motifs is 1. The fourth-order valence-electron chi connectivity index (χ4n) is 8.39. The molecule has 16 heteroatoms. The van der Waals surface area contributed by atoms with Crippen molar-refractivity contribution in [2.24, 2.45) is 18.4 Å². The maximum absolute atomic E-state index is 16.0. The van der Waals surface area contributed by atoms with E-state index in [2.05, 4.69) is 15.8 Å². The quantitative estimate of drug-likeness (QED) is 0.0559. The number of nitrogens with zero attached hydrogens (tertiary/aromatic N) is 5. The topological polar surface area (TPSA) is 142 Å². The lowest BCUT2D eigenvalue weighted by Gasteiger charge is -2.48. The Morgan fingerprint density at radius 1 is 1.04 bits per heavy atom. The first-order valence-electron chi connectivity index (χ1n) is 18.9. The SMILES string of the molecule is Cc1cc(-c2c(C)ccc3nn(C)cc23)cc([C@H](CC(=O)O)N[N+](=O)[C@H](CC(C)C)NC(=O)c2ccc(C(F)(F)F)n(CCN3CC4(CCCC4)C3)c2=O)c1F. The Morgan fingerprint density at radius 3 is 2.38 bits per heavy atom. The van der Waals surface area contributed by atoms with E-state index in [-0.39, 0.29) is 46.8 Å². The summed E-state index contributed by atoms with van der Waals surface area (Å²) in [4.78, 5) is 55.5. The van der Waals surface area contributed by atoms with Crippen molar-refractivity contribution >= 4 is 22.8 Å². The van der Waals surface area contributed by atoms with Crippen LogP contribution in [-0.2, 0) is 24.6 Å². The Kier molecular flexibility index (Phi) is 11.4. The maximum Gasteiger partial charge on any atom is 0.431 e. The molecule has 2 atom stereocenters. The fourth-order valence-corrected chi connectivity index (χ4v) is 8.39. The van der Waals surface area contributed by atoms with Crippen molar-refractivity contribution in [2.45, 2.75) is 91.1 Å². The van der Waals surface area contributed by atoms with Gasteiger partial charge >= 0.3 is 18.3 Å². The highest BCUT2D eigenvalue weighted by atomic mass is 19.4. The van der Waals surface area contributed by atoms with Crippen molar-refractivity contribution in [3.8, 4) is 11.1 Å². The maximum atomic E-state index is 16.0. The van der Waals surface area contributed by atoms with Crippen LogP contribution in [0.5, 0.6) is 0 Å². The number of pyridine rings is 1. The van der Waals surface area contributed by atoms with E-state index in [0.717, 1.165) is 61.4 Å². The number of aromatic nitrogens is 3. The molecule has 4 aromatic rings. The summed E-state index contributed by atoms with van der Waals surface area (Å²) in [6.07, 6.45) is -0.793. The van der Waals surface area contributed by atoms with E-state index in [0.29, 0.717) is 21.7 Å². The lowest BCUT2D eigenvalue weighted by molar-refractivity contribution is -0.652. The second-order valence-corrected chi connectivity index (χ2v) is 15.9. The summed E-state index contributed by atoms with van der Waals surface area (Å²) in [5, 5.41) is 17.6. The third-order valence-corrected chi connectivity index (χ3v) is 11.0. The summed E-state index contributed by atoms with van der Waals surface area (Å²) in [5.74, 6) is -3.39. The van der Waals surface area contributed by atoms with Gasteiger partial charge in [-0.2, -0.15) is 18.3 Å². The number of alkyl halides is 3. The molecule has 3 heterocycles. The third kappa shape index (κ3) is 8.49. The zero-order chi connectivity index (χ0) is 40.7. The number of carbonyl (C=O) groups excluding carboxylic acids is 1. The van der Waals surface area contributed by atoms with Gasteiger partial charge in [-0.05, 0) is 90.6 Å². The first-order chi connectivity index (χ1) is 26.4. The summed E-state index contributed by atoms with van der Waals surface area (Å²) in [6.45, 7) is 8.34. The smallest absolute Gasteiger partial charge is 0.431 e. The third-order valence-electron chi connectivity index (χ3n) is 11.0. The minimum absolute atomic E-state index is 0.0166. The van der Waals surface area contributed by atoms with E-state index in [1.165, 1.54) is 13.0 Å². The van der Waals surface area contributed by atoms with Gasteiger partial charge in [0.05, 0.1) is 16.8 Å². The average molecular weight is 783 g/mol. The van der Waals surface area contributed by atoms with E-state index >= 15 is 4.39 Å². The Hall–Kier alpha value is -5.12. The van der Waals surface area contributed by atoms with E-state index in [1.807, 2.05) is 30.2 Å². The molecule has 3 N–H and O–H groups in total. The van der Waals surface area contributed by atoms with Gasteiger partial charge in [-0.15, -0.1) is 5.43 Å². The number of hydrogen-bond donors (Lipinski definition) is 3. The van der Waals surface area contributed by atoms with Crippen LogP contribution in [0, 0.1) is 35.9 Å². The molecule has 1 aliphatic carbocycles. The van der Waals surface area contributed by atoms with Crippen molar-refractivity contribution in [3.05, 3.63) is 91.6 Å². The summed E-state index contributed by atoms with van der Waals surface area (Å²) in [7, 11) is 1.77. The van der Waals surface area contributed by atoms with Crippen molar-refractivity contribution in [2.75, 3.05) is 19.6 Å². The van der Waals surface area contributed by atoms with Crippen LogP contribution in [0.1, 0.15) is 91.2 Å². The summed E-state index contributed by atoms with van der Waals surface area (Å²) in [6, 6.07) is 6.91. The van der Waals surface area contributed by atoms with Gasteiger partial charge in [-0.25, -0.2) is 4.39 Å². The van der Waals surface area contributed by atoms with Gasteiger partial charge in [0, 0.05) is 56.8 Å². The predicted molar refractivity (Wildman–Crippen MR) is 201 cm³/mol. The van der Waals surface area contributed by atoms with Crippen molar-refractivity contribution in [3.63, 3.8) is 0 Å². The number of amides is 1. The normalized spacial score (nSPS) is 16.6. The molecule has 2 aromatic carbocycles. The number of hydrazine groups is 1. The zero-order valence-corrected chi connectivity index (χ0v) is 32.2. The number of halogens is 4. The minimum atomic E-state index is -4.86. The van der Waals surface area contributed by atoms with Crippen molar-refractivity contribution in [1.82, 2.24) is 30.0 Å². The molecule has 1 saturated heterocycles. The lowest BCUT2D eigenvalue weighted by Crippen LogP contribution is -2.55. The molecular formula is C40H48F4N7O5+. The first-order valence-corrected chi connectivity index (χ1v) is 18.9. The number of rotatable bonds is 14. The van der Waals surface area contributed by atoms with Gasteiger partial charge in [0.1, 0.15) is 28.0 Å². The molecular weight excluding hydrogens is 734 g/mol. The van der Waals surface area contributed by atoms with Crippen LogP contribution in [0.25, 0.3) is 22.0 Å². The Morgan fingerprint density at radius 2 is 1.73 bits per heavy atom. The number of likely N-dealkylation sites (tertiary alicyclic amines) is 1. The van der Waals surface area contributed by atoms with Crippen molar-refractivity contribution < 1.29 is 37.1 Å². The Balaban J connectivity index is 1.27. The Labute approximate surface area is 321 Å². The summed E-state index contributed by atoms with van der Waals surface area (Å²) >= 11 is 0. The van der Waals surface area contributed by atoms with Gasteiger partial charge < -0.3 is 14.6 Å². The van der Waals surface area contributed by atoms with E-state index < -0.39 is 59.3 Å². The second kappa shape index (κ2) is 15.8. The van der Waals surface area contributed by atoms with Crippen LogP contribution < -0.4 is 16.3 Å². The molecule has 300 valence electrons. The molecule has 0 radical (unpaired) electrons. The van der Waals surface area contributed by atoms with Crippen LogP contribution in [0.4, 0.5) is 17.6 Å². The van der Waals surface area contributed by atoms with Gasteiger partial charge in [-0.1, -0.05) is 32.8 Å². The zero-order valence-electron chi connectivity index (χ0n) is 32.2. The molecule has 12 nitrogen and oxygen atoms in total. The summed E-state index contributed by atoms with van der Waals surface area (Å²) < 4.78 is 60.5. The largest absolute Gasteiger partial charge is 0.481 e. The highest BCUT2D eigenvalue weighted by molar-refractivity contribution is 5.96. The molecule has 0 bridgehead atoms. The van der Waals surface area contributed by atoms with E-state index in [4.69, 9.17) is 0 Å².